The molecule has 0 spiro atoms. The molecule has 226 valence electrons. The van der Waals surface area contributed by atoms with Crippen molar-refractivity contribution in [2.75, 3.05) is 11.5 Å². The number of ether oxygens (including phenoxy) is 2. The van der Waals surface area contributed by atoms with Crippen molar-refractivity contribution < 1.29 is 24.2 Å². The molecule has 2 aliphatic heterocycles. The number of thioether (sulfide) groups is 1. The molecule has 1 fully saturated rings. The van der Waals surface area contributed by atoms with E-state index >= 15 is 0 Å². The van der Waals surface area contributed by atoms with Gasteiger partial charge in [-0.05, 0) is 60.4 Å². The van der Waals surface area contributed by atoms with E-state index in [1.165, 1.54) is 28.0 Å². The fraction of sp³-hybridized carbons (Fsp3) is 0.294. The topological polar surface area (TPSA) is 102 Å². The van der Waals surface area contributed by atoms with Crippen LogP contribution in [0.2, 0.25) is 0 Å². The highest BCUT2D eigenvalue weighted by atomic mass is 32.2. The summed E-state index contributed by atoms with van der Waals surface area (Å²) >= 11 is 2.76. The molecule has 6 rings (SSSR count). The number of aliphatic hydroxyl groups is 1. The minimum atomic E-state index is -0.919. The van der Waals surface area contributed by atoms with Crippen molar-refractivity contribution in [3.8, 4) is 11.5 Å². The maximum absolute atomic E-state index is 13.7. The van der Waals surface area contributed by atoms with Crippen LogP contribution in [0.25, 0.3) is 5.76 Å². The Hall–Kier alpha value is -4.15. The molecule has 2 atom stereocenters. The first-order valence-corrected chi connectivity index (χ1v) is 16.6. The number of aliphatic hydroxyl groups excluding tert-OH is 1. The van der Waals surface area contributed by atoms with Gasteiger partial charge in [-0.25, -0.2) is 0 Å². The first kappa shape index (κ1) is 29.9. The number of unbranched alkanes of at least 4 members (excludes halogenated alkanes) is 2. The number of benzene rings is 3. The van der Waals surface area contributed by atoms with Crippen molar-refractivity contribution in [3.05, 3.63) is 101 Å². The smallest absolute Gasteiger partial charge is 0.301 e. The van der Waals surface area contributed by atoms with Crippen LogP contribution in [0.4, 0.5) is 5.13 Å². The van der Waals surface area contributed by atoms with Crippen LogP contribution in [0.15, 0.2) is 82.7 Å². The molecule has 3 heterocycles. The molecule has 3 aromatic carbocycles. The second kappa shape index (κ2) is 13.2. The average Bonchev–Trinajstić information content (AvgIpc) is 3.73. The molecule has 0 bridgehead atoms. The highest BCUT2D eigenvalue weighted by molar-refractivity contribution is 8.00. The van der Waals surface area contributed by atoms with Crippen LogP contribution >= 0.6 is 23.1 Å². The summed E-state index contributed by atoms with van der Waals surface area (Å²) < 4.78 is 12.5. The largest absolute Gasteiger partial charge is 0.507 e. The summed E-state index contributed by atoms with van der Waals surface area (Å²) in [5.41, 5.74) is 3.16. The molecule has 2 aliphatic rings. The van der Waals surface area contributed by atoms with Crippen LogP contribution in [-0.2, 0) is 21.8 Å². The number of hydrogen-bond donors (Lipinski definition) is 1. The van der Waals surface area contributed by atoms with Crippen molar-refractivity contribution in [1.82, 2.24) is 10.2 Å². The Morgan fingerprint density at radius 3 is 2.73 bits per heavy atom. The van der Waals surface area contributed by atoms with Gasteiger partial charge in [-0.15, -0.1) is 10.2 Å². The van der Waals surface area contributed by atoms with Gasteiger partial charge in [0.2, 0.25) is 5.13 Å². The fourth-order valence-corrected chi connectivity index (χ4v) is 7.29. The van der Waals surface area contributed by atoms with Crippen LogP contribution in [0.3, 0.4) is 0 Å². The number of aromatic nitrogens is 2. The molecule has 0 saturated carbocycles. The van der Waals surface area contributed by atoms with Gasteiger partial charge in [0, 0.05) is 17.7 Å². The summed E-state index contributed by atoms with van der Waals surface area (Å²) in [6.45, 7) is 4.68. The summed E-state index contributed by atoms with van der Waals surface area (Å²) in [7, 11) is 0. The van der Waals surface area contributed by atoms with Crippen LogP contribution in [-0.4, -0.2) is 39.7 Å². The lowest BCUT2D eigenvalue weighted by molar-refractivity contribution is -0.132. The predicted octanol–water partition coefficient (Wildman–Crippen LogP) is 7.35. The SMILES string of the molecule is CCCCCOc1cccc(C2/C(=C(\O)c3ccc4c(c3)CC(C)O4)C(=O)C(=O)N2c2nnc(SCc3ccccc3)s2)c1. The summed E-state index contributed by atoms with van der Waals surface area (Å²) in [4.78, 5) is 28.8. The van der Waals surface area contributed by atoms with E-state index in [2.05, 4.69) is 17.1 Å². The van der Waals surface area contributed by atoms with Gasteiger partial charge in [-0.2, -0.15) is 0 Å². The quantitative estimate of drug-likeness (QED) is 0.0460. The lowest BCUT2D eigenvalue weighted by Gasteiger charge is -2.23. The lowest BCUT2D eigenvalue weighted by atomic mass is 9.94. The van der Waals surface area contributed by atoms with E-state index in [0.717, 1.165) is 36.1 Å². The highest BCUT2D eigenvalue weighted by Gasteiger charge is 2.48. The van der Waals surface area contributed by atoms with Gasteiger partial charge < -0.3 is 14.6 Å². The maximum Gasteiger partial charge on any atom is 0.301 e. The molecule has 4 aromatic rings. The van der Waals surface area contributed by atoms with Crippen LogP contribution in [0, 0.1) is 0 Å². The van der Waals surface area contributed by atoms with Gasteiger partial charge in [0.25, 0.3) is 5.78 Å². The number of hydrogen-bond acceptors (Lipinski definition) is 9. The normalized spacial score (nSPS) is 18.8. The van der Waals surface area contributed by atoms with E-state index in [0.29, 0.717) is 40.0 Å². The minimum absolute atomic E-state index is 0.00117. The van der Waals surface area contributed by atoms with Gasteiger partial charge >= 0.3 is 5.91 Å². The van der Waals surface area contributed by atoms with Crippen LogP contribution < -0.4 is 14.4 Å². The lowest BCUT2D eigenvalue weighted by Crippen LogP contribution is -2.29. The summed E-state index contributed by atoms with van der Waals surface area (Å²) in [6, 6.07) is 21.8. The Labute approximate surface area is 264 Å². The number of anilines is 1. The molecule has 1 N–H and O–H groups in total. The van der Waals surface area contributed by atoms with E-state index in [4.69, 9.17) is 9.47 Å². The molecular formula is C34H33N3O5S2. The van der Waals surface area contributed by atoms with Crippen molar-refractivity contribution in [3.63, 3.8) is 0 Å². The molecule has 1 aromatic heterocycles. The molecule has 1 saturated heterocycles. The average molecular weight is 628 g/mol. The molecule has 1 amide bonds. The Morgan fingerprint density at radius 2 is 1.91 bits per heavy atom. The Kier molecular flexibility index (Phi) is 8.99. The van der Waals surface area contributed by atoms with Gasteiger partial charge in [-0.3, -0.25) is 14.5 Å². The fourth-order valence-electron chi connectivity index (χ4n) is 5.46. The third-order valence-corrected chi connectivity index (χ3v) is 9.74. The van der Waals surface area contributed by atoms with E-state index in [1.807, 2.05) is 67.6 Å². The third-order valence-electron chi connectivity index (χ3n) is 7.61. The zero-order valence-electron chi connectivity index (χ0n) is 24.6. The Balaban J connectivity index is 1.38. The first-order valence-electron chi connectivity index (χ1n) is 14.8. The summed E-state index contributed by atoms with van der Waals surface area (Å²) in [5, 5.41) is 20.6. The second-order valence-electron chi connectivity index (χ2n) is 10.9. The van der Waals surface area contributed by atoms with Gasteiger partial charge in [0.1, 0.15) is 23.4 Å². The number of Topliss-reactive ketones (excluding diaryl/α,β-unsaturated/α-hetero) is 1. The van der Waals surface area contributed by atoms with Gasteiger partial charge in [0.05, 0.1) is 18.2 Å². The van der Waals surface area contributed by atoms with Crippen molar-refractivity contribution in [2.45, 2.75) is 61.8 Å². The molecule has 0 aliphatic carbocycles. The molecule has 0 radical (unpaired) electrons. The Morgan fingerprint density at radius 1 is 1.07 bits per heavy atom. The zero-order valence-corrected chi connectivity index (χ0v) is 26.2. The number of fused-ring (bicyclic) bond motifs is 1. The van der Waals surface area contributed by atoms with Crippen molar-refractivity contribution >= 4 is 45.7 Å². The van der Waals surface area contributed by atoms with Crippen LogP contribution in [0.1, 0.15) is 61.4 Å². The van der Waals surface area contributed by atoms with Crippen molar-refractivity contribution in [2.24, 2.45) is 0 Å². The maximum atomic E-state index is 13.7. The molecule has 10 heteroatoms. The number of carbonyl (C=O) groups excluding carboxylic acids is 2. The van der Waals surface area contributed by atoms with E-state index < -0.39 is 17.7 Å². The number of amides is 1. The summed E-state index contributed by atoms with van der Waals surface area (Å²) in [5.74, 6) is 0.295. The molecule has 44 heavy (non-hydrogen) atoms. The van der Waals surface area contributed by atoms with Crippen LogP contribution in [0.5, 0.6) is 11.5 Å². The monoisotopic (exact) mass is 627 g/mol. The van der Waals surface area contributed by atoms with E-state index in [1.54, 1.807) is 12.1 Å². The highest BCUT2D eigenvalue weighted by Crippen LogP contribution is 2.45. The number of rotatable bonds is 11. The minimum Gasteiger partial charge on any atom is -0.507 e. The van der Waals surface area contributed by atoms with E-state index in [9.17, 15) is 14.7 Å². The van der Waals surface area contributed by atoms with Gasteiger partial charge in [-0.1, -0.05) is 85.3 Å². The molecule has 8 nitrogen and oxygen atoms in total. The van der Waals surface area contributed by atoms with E-state index in [-0.39, 0.29) is 22.6 Å². The number of nitrogens with zero attached hydrogens (tertiary/aromatic N) is 3. The number of ketones is 1. The van der Waals surface area contributed by atoms with Crippen molar-refractivity contribution in [1.29, 1.82) is 0 Å². The molecular weight excluding hydrogens is 595 g/mol. The predicted molar refractivity (Wildman–Crippen MR) is 172 cm³/mol. The second-order valence-corrected chi connectivity index (χ2v) is 13.1. The van der Waals surface area contributed by atoms with Gasteiger partial charge in [0.15, 0.2) is 4.34 Å². The Bertz CT molecular complexity index is 1700. The standard InChI is InChI=1S/C34H33N3O5S2/c1-3-4-8-16-41-26-13-9-12-23(19-26)29-28(30(38)24-14-15-27-25(18-24)17-21(2)42-27)31(39)32(40)37(29)33-35-36-34(44-33)43-20-22-10-6-5-7-11-22/h5-7,9-15,18-19,21,29,38H,3-4,8,16-17,20H2,1-2H3/b30-28+. The molecule has 2 unspecified atom stereocenters. The summed E-state index contributed by atoms with van der Waals surface area (Å²) in [6.07, 6.45) is 3.79. The zero-order chi connectivity index (χ0) is 30.6. The first-order chi connectivity index (χ1) is 21.4. The third kappa shape index (κ3) is 6.23. The number of carbonyl (C=O) groups is 2.